The number of esters is 1. The van der Waals surface area contributed by atoms with Crippen molar-refractivity contribution in [3.8, 4) is 16.9 Å². The molecular weight excluding hydrogens is 496 g/mol. The summed E-state index contributed by atoms with van der Waals surface area (Å²) in [5, 5.41) is 10.7. The van der Waals surface area contributed by atoms with Crippen molar-refractivity contribution in [2.24, 2.45) is 0 Å². The van der Waals surface area contributed by atoms with E-state index in [9.17, 15) is 9.90 Å². The van der Waals surface area contributed by atoms with Gasteiger partial charge in [-0.25, -0.2) is 0 Å². The highest BCUT2D eigenvalue weighted by Gasteiger charge is 2.31. The summed E-state index contributed by atoms with van der Waals surface area (Å²) in [6, 6.07) is 19.3. The van der Waals surface area contributed by atoms with Crippen LogP contribution in [0, 0.1) is 13.8 Å². The molecule has 1 N–H and O–H groups in total. The number of aryl methyl sites for hydroxylation is 2. The Morgan fingerprint density at radius 3 is 1.95 bits per heavy atom. The molecule has 0 heterocycles. The van der Waals surface area contributed by atoms with E-state index in [0.717, 1.165) is 46.4 Å². The third-order valence-corrected chi connectivity index (χ3v) is 8.74. The molecule has 3 aromatic carbocycles. The second-order valence-electron chi connectivity index (χ2n) is 10.8. The van der Waals surface area contributed by atoms with Gasteiger partial charge in [0.25, 0.3) is 0 Å². The maximum atomic E-state index is 11.9. The van der Waals surface area contributed by atoms with Crippen molar-refractivity contribution in [1.82, 2.24) is 0 Å². The van der Waals surface area contributed by atoms with E-state index in [1.54, 1.807) is 7.11 Å². The number of aliphatic hydroxyl groups is 1. The Bertz CT molecular complexity index is 1340. The minimum Gasteiger partial charge on any atom is -0.496 e. The van der Waals surface area contributed by atoms with Crippen LogP contribution in [0.1, 0.15) is 86.8 Å². The van der Waals surface area contributed by atoms with Gasteiger partial charge >= 0.3 is 5.97 Å². The first-order valence-corrected chi connectivity index (χ1v) is 14.5. The summed E-state index contributed by atoms with van der Waals surface area (Å²) in [5.74, 6) is 0.515. The van der Waals surface area contributed by atoms with Gasteiger partial charge < -0.3 is 14.6 Å². The highest BCUT2D eigenvalue weighted by atomic mass is 16.5. The van der Waals surface area contributed by atoms with Crippen LogP contribution in [0.5, 0.6) is 5.75 Å². The van der Waals surface area contributed by atoms with Crippen LogP contribution in [-0.4, -0.2) is 30.9 Å². The largest absolute Gasteiger partial charge is 0.496 e. The Labute approximate surface area is 241 Å². The summed E-state index contributed by atoms with van der Waals surface area (Å²) in [7, 11) is 3.08. The fraction of sp³-hybridized carbons (Fsp3) is 0.417. The molecule has 214 valence electrons. The first kappa shape index (κ1) is 31.2. The Kier molecular flexibility index (Phi) is 10.4. The first-order valence-electron chi connectivity index (χ1n) is 14.5. The molecule has 0 amide bonds. The van der Waals surface area contributed by atoms with Crippen molar-refractivity contribution in [3.05, 3.63) is 94.1 Å². The molecule has 0 spiro atoms. The standard InChI is InChI=1S/C36H46O4/c1-9-35(38,10-2)20-19-28-14-15-29(21-25(28)5)36(11-3,12-4)30-16-17-31(26(6)22-30)32-23-27(24-34(37)40-8)13-18-33(32)39-7/h13-23,38H,9-12,24H2,1-8H3. The van der Waals surface area contributed by atoms with E-state index >= 15 is 0 Å². The monoisotopic (exact) mass is 542 g/mol. The predicted molar refractivity (Wildman–Crippen MR) is 166 cm³/mol. The molecule has 3 rings (SSSR count). The zero-order valence-corrected chi connectivity index (χ0v) is 25.6. The molecule has 0 atom stereocenters. The zero-order chi connectivity index (χ0) is 29.5. The molecule has 0 aliphatic rings. The van der Waals surface area contributed by atoms with Crippen LogP contribution in [0.2, 0.25) is 0 Å². The molecule has 40 heavy (non-hydrogen) atoms. The maximum absolute atomic E-state index is 11.9. The summed E-state index contributed by atoms with van der Waals surface area (Å²) in [4.78, 5) is 11.9. The minimum atomic E-state index is -0.761. The normalized spacial score (nSPS) is 12.1. The Morgan fingerprint density at radius 2 is 1.43 bits per heavy atom. The van der Waals surface area contributed by atoms with Crippen LogP contribution >= 0.6 is 0 Å². The van der Waals surface area contributed by atoms with Gasteiger partial charge in [-0.2, -0.15) is 0 Å². The predicted octanol–water partition coefficient (Wildman–Crippen LogP) is 8.36. The lowest BCUT2D eigenvalue weighted by Crippen LogP contribution is -2.26. The van der Waals surface area contributed by atoms with Crippen LogP contribution in [0.4, 0.5) is 0 Å². The molecule has 0 saturated heterocycles. The van der Waals surface area contributed by atoms with Crippen molar-refractivity contribution >= 4 is 12.0 Å². The van der Waals surface area contributed by atoms with Gasteiger partial charge in [0.15, 0.2) is 0 Å². The molecule has 0 radical (unpaired) electrons. The summed E-state index contributed by atoms with van der Waals surface area (Å²) < 4.78 is 10.6. The lowest BCUT2D eigenvalue weighted by Gasteiger charge is -2.34. The van der Waals surface area contributed by atoms with E-state index in [0.29, 0.717) is 12.8 Å². The van der Waals surface area contributed by atoms with E-state index in [4.69, 9.17) is 9.47 Å². The number of rotatable bonds is 12. The number of benzene rings is 3. The molecule has 0 aliphatic carbocycles. The maximum Gasteiger partial charge on any atom is 0.309 e. The molecule has 0 aliphatic heterocycles. The van der Waals surface area contributed by atoms with Gasteiger partial charge in [-0.15, -0.1) is 0 Å². The highest BCUT2D eigenvalue weighted by molar-refractivity contribution is 5.77. The average molecular weight is 543 g/mol. The van der Waals surface area contributed by atoms with E-state index in [-0.39, 0.29) is 17.8 Å². The molecule has 0 saturated carbocycles. The average Bonchev–Trinajstić information content (AvgIpc) is 2.97. The summed E-state index contributed by atoms with van der Waals surface area (Å²) in [6.45, 7) is 12.9. The lowest BCUT2D eigenvalue weighted by atomic mass is 9.69. The third kappa shape index (κ3) is 6.50. The van der Waals surface area contributed by atoms with Gasteiger partial charge in [-0.3, -0.25) is 4.79 Å². The van der Waals surface area contributed by atoms with Gasteiger partial charge in [0.05, 0.1) is 26.2 Å². The summed E-state index contributed by atoms with van der Waals surface area (Å²) in [6.07, 6.45) is 7.57. The smallest absolute Gasteiger partial charge is 0.309 e. The fourth-order valence-corrected chi connectivity index (χ4v) is 5.70. The number of ether oxygens (including phenoxy) is 2. The van der Waals surface area contributed by atoms with Crippen molar-refractivity contribution < 1.29 is 19.4 Å². The topological polar surface area (TPSA) is 55.8 Å². The van der Waals surface area contributed by atoms with E-state index in [1.165, 1.54) is 23.8 Å². The van der Waals surface area contributed by atoms with Crippen molar-refractivity contribution in [2.75, 3.05) is 14.2 Å². The van der Waals surface area contributed by atoms with Gasteiger partial charge in [0, 0.05) is 11.0 Å². The summed E-state index contributed by atoms with van der Waals surface area (Å²) >= 11 is 0. The molecule has 4 nitrogen and oxygen atoms in total. The van der Waals surface area contributed by atoms with Crippen LogP contribution < -0.4 is 4.74 Å². The van der Waals surface area contributed by atoms with Gasteiger partial charge in [0.2, 0.25) is 0 Å². The molecule has 0 unspecified atom stereocenters. The van der Waals surface area contributed by atoms with E-state index < -0.39 is 5.60 Å². The Balaban J connectivity index is 2.04. The van der Waals surface area contributed by atoms with Gasteiger partial charge in [-0.05, 0) is 90.6 Å². The zero-order valence-electron chi connectivity index (χ0n) is 25.6. The van der Waals surface area contributed by atoms with Gasteiger partial charge in [-0.1, -0.05) is 82.3 Å². The second-order valence-corrected chi connectivity index (χ2v) is 10.8. The summed E-state index contributed by atoms with van der Waals surface area (Å²) in [5.41, 5.74) is 8.15. The van der Waals surface area contributed by atoms with Crippen molar-refractivity contribution in [3.63, 3.8) is 0 Å². The minimum absolute atomic E-state index is 0.124. The number of carbonyl (C=O) groups is 1. The van der Waals surface area contributed by atoms with E-state index in [1.807, 2.05) is 38.1 Å². The Hall–Kier alpha value is -3.37. The van der Waals surface area contributed by atoms with Crippen molar-refractivity contribution in [1.29, 1.82) is 0 Å². The SMILES string of the molecule is CCC(O)(C=Cc1ccc(C(CC)(CC)c2ccc(-c3cc(CC(=O)OC)ccc3OC)c(C)c2)cc1C)CC. The third-order valence-electron chi connectivity index (χ3n) is 8.74. The second kappa shape index (κ2) is 13.3. The van der Waals surface area contributed by atoms with Crippen LogP contribution in [0.3, 0.4) is 0 Å². The van der Waals surface area contributed by atoms with Crippen LogP contribution in [-0.2, 0) is 21.4 Å². The first-order chi connectivity index (χ1) is 19.1. The Morgan fingerprint density at radius 1 is 0.800 bits per heavy atom. The molecule has 0 fully saturated rings. The number of hydrogen-bond donors (Lipinski definition) is 1. The van der Waals surface area contributed by atoms with E-state index in [2.05, 4.69) is 70.2 Å². The quantitative estimate of drug-likeness (QED) is 0.234. The fourth-order valence-electron chi connectivity index (χ4n) is 5.70. The molecule has 3 aromatic rings. The molecule has 0 bridgehead atoms. The number of methoxy groups -OCH3 is 2. The molecule has 0 aromatic heterocycles. The van der Waals surface area contributed by atoms with Crippen LogP contribution in [0.15, 0.2) is 60.7 Å². The van der Waals surface area contributed by atoms with Gasteiger partial charge in [0.1, 0.15) is 5.75 Å². The lowest BCUT2D eigenvalue weighted by molar-refractivity contribution is -0.139. The highest BCUT2D eigenvalue weighted by Crippen LogP contribution is 2.42. The number of carbonyl (C=O) groups excluding carboxylic acids is 1. The van der Waals surface area contributed by atoms with Crippen LogP contribution in [0.25, 0.3) is 17.2 Å². The molecule has 4 heteroatoms. The molecular formula is C36H46O4. The number of hydrogen-bond acceptors (Lipinski definition) is 4. The van der Waals surface area contributed by atoms with Crippen molar-refractivity contribution in [2.45, 2.75) is 84.7 Å².